The van der Waals surface area contributed by atoms with Crippen LogP contribution in [0.25, 0.3) is 0 Å². The van der Waals surface area contributed by atoms with Gasteiger partial charge in [-0.2, -0.15) is 0 Å². The maximum absolute atomic E-state index is 11.5. The minimum atomic E-state index is -3.08. The molecule has 0 spiro atoms. The van der Waals surface area contributed by atoms with Crippen molar-refractivity contribution in [3.05, 3.63) is 138 Å². The molecule has 4 aromatic carbocycles. The highest BCUT2D eigenvalue weighted by molar-refractivity contribution is 7.92. The Morgan fingerprint density at radius 2 is 0.811 bits per heavy atom. The van der Waals surface area contributed by atoms with Crippen molar-refractivity contribution in [3.8, 4) is 0 Å². The van der Waals surface area contributed by atoms with Crippen LogP contribution in [0.5, 0.6) is 0 Å². The predicted molar refractivity (Wildman–Crippen MR) is 235 cm³/mol. The molecule has 0 unspecified atom stereocenters. The first-order valence-corrected chi connectivity index (χ1v) is 21.3. The number of hydrogen-bond donors (Lipinski definition) is 0. The van der Waals surface area contributed by atoms with Gasteiger partial charge in [-0.3, -0.25) is 9.59 Å². The van der Waals surface area contributed by atoms with Crippen molar-refractivity contribution in [2.45, 2.75) is 134 Å². The summed E-state index contributed by atoms with van der Waals surface area (Å²) in [5.41, 5.74) is 3.36. The summed E-state index contributed by atoms with van der Waals surface area (Å²) in [6.45, 7) is 31.5. The quantitative estimate of drug-likeness (QED) is 0.160. The van der Waals surface area contributed by atoms with Crippen molar-refractivity contribution in [2.24, 2.45) is 17.8 Å². The van der Waals surface area contributed by atoms with Crippen LogP contribution in [0.1, 0.15) is 132 Å². The molecule has 0 amide bonds. The Morgan fingerprint density at radius 3 is 1.13 bits per heavy atom. The van der Waals surface area contributed by atoms with E-state index in [-0.39, 0.29) is 22.9 Å². The van der Waals surface area contributed by atoms with Crippen molar-refractivity contribution < 1.29 is 18.0 Å². The van der Waals surface area contributed by atoms with Crippen LogP contribution in [0.15, 0.2) is 126 Å². The molecule has 0 atom stereocenters. The summed E-state index contributed by atoms with van der Waals surface area (Å²) in [7, 11) is -3.08. The third kappa shape index (κ3) is 28.4. The molecular formula is C48H76O4S. The molecule has 0 aliphatic carbocycles. The molecule has 0 fully saturated rings. The first kappa shape index (κ1) is 55.9. The van der Waals surface area contributed by atoms with Crippen molar-refractivity contribution in [2.75, 3.05) is 0 Å². The summed E-state index contributed by atoms with van der Waals surface area (Å²) in [5.74, 6) is 1.52. The Labute approximate surface area is 327 Å². The van der Waals surface area contributed by atoms with Gasteiger partial charge in [0.2, 0.25) is 0 Å². The van der Waals surface area contributed by atoms with E-state index in [9.17, 15) is 18.0 Å². The zero-order valence-corrected chi connectivity index (χ0v) is 37.1. The average Bonchev–Trinajstić information content (AvgIpc) is 3.19. The minimum absolute atomic E-state index is 0.0948. The SMILES string of the molecule is CC.CC.CC.CC.CC(C)C(=O)Cc1ccccc1.CC(C)C(=O)c1ccccc1.CC(C)Cc1ccccc1.CC(C)S(=O)(=O)c1ccccc1. The molecule has 0 aromatic heterocycles. The van der Waals surface area contributed by atoms with E-state index in [0.717, 1.165) is 17.0 Å². The Bertz CT molecular complexity index is 1460. The monoisotopic (exact) mass is 749 g/mol. The van der Waals surface area contributed by atoms with E-state index in [0.29, 0.717) is 17.1 Å². The number of sulfone groups is 1. The zero-order chi connectivity index (χ0) is 41.8. The third-order valence-electron chi connectivity index (χ3n) is 6.63. The van der Waals surface area contributed by atoms with Gasteiger partial charge >= 0.3 is 0 Å². The molecule has 0 aliphatic heterocycles. The van der Waals surface area contributed by atoms with Gasteiger partial charge in [0.25, 0.3) is 0 Å². The first-order valence-electron chi connectivity index (χ1n) is 19.7. The van der Waals surface area contributed by atoms with E-state index < -0.39 is 9.84 Å². The molecule has 298 valence electrons. The van der Waals surface area contributed by atoms with Crippen LogP contribution < -0.4 is 0 Å². The van der Waals surface area contributed by atoms with E-state index in [1.165, 1.54) is 12.0 Å². The van der Waals surface area contributed by atoms with E-state index in [4.69, 9.17) is 0 Å². The van der Waals surface area contributed by atoms with Gasteiger partial charge in [-0.25, -0.2) is 8.42 Å². The lowest BCUT2D eigenvalue weighted by molar-refractivity contribution is -0.121. The number of Topliss-reactive ketones (excluding diaryl/α,β-unsaturated/α-hetero) is 2. The lowest BCUT2D eigenvalue weighted by Gasteiger charge is -2.06. The highest BCUT2D eigenvalue weighted by atomic mass is 32.2. The van der Waals surface area contributed by atoms with Crippen LogP contribution in [0.3, 0.4) is 0 Å². The highest BCUT2D eigenvalue weighted by Crippen LogP contribution is 2.14. The molecule has 0 saturated carbocycles. The van der Waals surface area contributed by atoms with Crippen molar-refractivity contribution in [1.29, 1.82) is 0 Å². The van der Waals surface area contributed by atoms with Crippen LogP contribution in [0.2, 0.25) is 0 Å². The van der Waals surface area contributed by atoms with E-state index in [1.54, 1.807) is 44.2 Å². The summed E-state index contributed by atoms with van der Waals surface area (Å²) in [4.78, 5) is 23.1. The third-order valence-corrected chi connectivity index (χ3v) is 8.80. The van der Waals surface area contributed by atoms with Gasteiger partial charge in [-0.15, -0.1) is 0 Å². The van der Waals surface area contributed by atoms with Gasteiger partial charge in [0, 0.05) is 23.8 Å². The van der Waals surface area contributed by atoms with E-state index in [2.05, 4.69) is 44.2 Å². The molecule has 0 bridgehead atoms. The molecule has 0 aliphatic rings. The van der Waals surface area contributed by atoms with Crippen LogP contribution in [-0.2, 0) is 27.5 Å². The van der Waals surface area contributed by atoms with Gasteiger partial charge in [0.1, 0.15) is 5.78 Å². The fourth-order valence-electron chi connectivity index (χ4n) is 3.90. The van der Waals surface area contributed by atoms with Crippen molar-refractivity contribution in [1.82, 2.24) is 0 Å². The molecule has 0 radical (unpaired) electrons. The molecule has 53 heavy (non-hydrogen) atoms. The highest BCUT2D eigenvalue weighted by Gasteiger charge is 2.17. The fraction of sp³-hybridized carbons (Fsp3) is 0.458. The van der Waals surface area contributed by atoms with Crippen LogP contribution in [0, 0.1) is 17.8 Å². The summed E-state index contributed by atoms with van der Waals surface area (Å²) < 4.78 is 23.1. The zero-order valence-electron chi connectivity index (χ0n) is 36.3. The Hall–Kier alpha value is -3.83. The first-order chi connectivity index (χ1) is 25.2. The Kier molecular flexibility index (Phi) is 38.5. The second-order valence-corrected chi connectivity index (χ2v) is 14.7. The largest absolute Gasteiger partial charge is 0.299 e. The number of carbonyl (C=O) groups is 2. The molecule has 4 nitrogen and oxygen atoms in total. The van der Waals surface area contributed by atoms with Gasteiger partial charge in [-0.05, 0) is 49.4 Å². The maximum Gasteiger partial charge on any atom is 0.180 e. The van der Waals surface area contributed by atoms with Gasteiger partial charge < -0.3 is 0 Å². The standard InChI is InChI=1S/C11H14O.C10H12O.C10H14.C9H12O2S.4C2H6/c1-9(2)11(12)8-10-6-4-3-5-7-10;1-8(2)10(11)9-6-4-3-5-7-9;1-9(2)8-10-6-4-3-5-7-10;1-8(2)12(10,11)9-6-4-3-5-7-9;4*1-2/h3-7,9H,8H2,1-2H3;3-8H,1-2H3;3-7,9H,8H2,1-2H3;3-8H,1-2H3;4*1-2H3. The summed E-state index contributed by atoms with van der Waals surface area (Å²) in [6.07, 6.45) is 1.76. The normalized spacial score (nSPS) is 9.51. The second-order valence-electron chi connectivity index (χ2n) is 12.2. The van der Waals surface area contributed by atoms with E-state index in [1.807, 2.05) is 144 Å². The Balaban J connectivity index is -0.000000284. The molecule has 0 N–H and O–H groups in total. The van der Waals surface area contributed by atoms with E-state index >= 15 is 0 Å². The number of carbonyl (C=O) groups excluding carboxylic acids is 2. The lowest BCUT2D eigenvalue weighted by atomic mass is 10.0. The van der Waals surface area contributed by atoms with Crippen LogP contribution in [0.4, 0.5) is 0 Å². The lowest BCUT2D eigenvalue weighted by Crippen LogP contribution is -2.13. The average molecular weight is 749 g/mol. The molecule has 0 saturated heterocycles. The number of ketones is 2. The molecule has 4 rings (SSSR count). The summed E-state index contributed by atoms with van der Waals surface area (Å²) >= 11 is 0. The molecule has 5 heteroatoms. The number of benzene rings is 4. The number of hydrogen-bond acceptors (Lipinski definition) is 4. The molecule has 0 heterocycles. The molecular weight excluding hydrogens is 673 g/mol. The maximum atomic E-state index is 11.5. The summed E-state index contributed by atoms with van der Waals surface area (Å²) in [6, 6.07) is 38.4. The predicted octanol–water partition coefficient (Wildman–Crippen LogP) is 13.8. The van der Waals surface area contributed by atoms with Crippen LogP contribution >= 0.6 is 0 Å². The van der Waals surface area contributed by atoms with Gasteiger partial charge in [0.05, 0.1) is 10.1 Å². The van der Waals surface area contributed by atoms with Crippen molar-refractivity contribution in [3.63, 3.8) is 0 Å². The molecule has 4 aromatic rings. The Morgan fingerprint density at radius 1 is 0.472 bits per heavy atom. The van der Waals surface area contributed by atoms with Crippen molar-refractivity contribution >= 4 is 21.4 Å². The minimum Gasteiger partial charge on any atom is -0.299 e. The summed E-state index contributed by atoms with van der Waals surface area (Å²) in [5, 5.41) is -0.347. The van der Waals surface area contributed by atoms with Crippen LogP contribution in [-0.4, -0.2) is 25.2 Å². The van der Waals surface area contributed by atoms with Gasteiger partial charge in [0.15, 0.2) is 15.6 Å². The topological polar surface area (TPSA) is 68.3 Å². The van der Waals surface area contributed by atoms with Gasteiger partial charge in [-0.1, -0.05) is 206 Å². The fourth-order valence-corrected chi connectivity index (χ4v) is 4.99. The second kappa shape index (κ2) is 36.5. The number of rotatable bonds is 9. The smallest absolute Gasteiger partial charge is 0.180 e.